The predicted octanol–water partition coefficient (Wildman–Crippen LogP) is 4.09. The van der Waals surface area contributed by atoms with Crippen LogP contribution in [-0.2, 0) is 12.6 Å². The molecule has 0 spiro atoms. The summed E-state index contributed by atoms with van der Waals surface area (Å²) in [5.74, 6) is 1.33. The number of carbonyl (C=O) groups is 2. The maximum absolute atomic E-state index is 13.9. The van der Waals surface area contributed by atoms with Crippen LogP contribution in [0.5, 0.6) is 0 Å². The van der Waals surface area contributed by atoms with E-state index >= 15 is 0 Å². The van der Waals surface area contributed by atoms with Gasteiger partial charge in [-0.3, -0.25) is 9.59 Å². The van der Waals surface area contributed by atoms with E-state index in [2.05, 4.69) is 21.7 Å². The van der Waals surface area contributed by atoms with Gasteiger partial charge in [-0.05, 0) is 42.9 Å². The molecule has 1 amide bonds. The lowest BCUT2D eigenvalue weighted by atomic mass is 9.75. The van der Waals surface area contributed by atoms with E-state index < -0.39 is 29.0 Å². The number of nitrogens with one attached hydrogen (secondary N) is 2. The number of hydrogen-bond donors (Lipinski definition) is 3. The number of alkyl halides is 3. The van der Waals surface area contributed by atoms with Crippen molar-refractivity contribution >= 4 is 17.4 Å². The molecule has 0 saturated heterocycles. The van der Waals surface area contributed by atoms with Crippen LogP contribution in [-0.4, -0.2) is 40.1 Å². The van der Waals surface area contributed by atoms with Crippen molar-refractivity contribution in [2.75, 3.05) is 11.9 Å². The standard InChI is InChI=1S/C26H30F3N5O2/c1-4-11-31-17-7-5-6-8-18(17)32-19-12-15(9-10-16(19)24(30)36)34-20-13-25(2,3)14-21(35)22(20)23(33-34)26(27,28)29/h1,9-10,12,17-18,31-32H,5-8,11,13-14H2,2-3H3,(H2,30,36)/t17-,18-/m1/s1. The Bertz CT molecular complexity index is 1230. The lowest BCUT2D eigenvalue weighted by Crippen LogP contribution is -2.46. The molecule has 2 aromatic rings. The Hall–Kier alpha value is -3.32. The number of aromatic nitrogens is 2. The van der Waals surface area contributed by atoms with Gasteiger partial charge in [-0.1, -0.05) is 32.6 Å². The Morgan fingerprint density at radius 3 is 2.58 bits per heavy atom. The van der Waals surface area contributed by atoms with Crippen molar-refractivity contribution in [2.45, 2.75) is 70.6 Å². The molecule has 0 bridgehead atoms. The molecule has 1 fully saturated rings. The lowest BCUT2D eigenvalue weighted by Gasteiger charge is -2.34. The highest BCUT2D eigenvalue weighted by Gasteiger charge is 2.45. The number of carbonyl (C=O) groups excluding carboxylic acids is 2. The van der Waals surface area contributed by atoms with Crippen molar-refractivity contribution < 1.29 is 22.8 Å². The molecule has 1 saturated carbocycles. The molecular formula is C26H30F3N5O2. The lowest BCUT2D eigenvalue weighted by molar-refractivity contribution is -0.141. The minimum atomic E-state index is -4.78. The van der Waals surface area contributed by atoms with Gasteiger partial charge >= 0.3 is 6.18 Å². The molecule has 0 unspecified atom stereocenters. The van der Waals surface area contributed by atoms with Gasteiger partial charge in [0.05, 0.1) is 29.1 Å². The number of amides is 1. The van der Waals surface area contributed by atoms with E-state index in [0.29, 0.717) is 17.9 Å². The number of anilines is 1. The summed E-state index contributed by atoms with van der Waals surface area (Å²) in [7, 11) is 0. The molecule has 36 heavy (non-hydrogen) atoms. The monoisotopic (exact) mass is 501 g/mol. The zero-order chi connectivity index (χ0) is 26.3. The number of primary amides is 1. The third-order valence-corrected chi connectivity index (χ3v) is 6.90. The average molecular weight is 502 g/mol. The number of ketones is 1. The number of benzene rings is 1. The Labute approximate surface area is 208 Å². The molecule has 2 aliphatic carbocycles. The second-order valence-corrected chi connectivity index (χ2v) is 10.3. The highest BCUT2D eigenvalue weighted by Crippen LogP contribution is 2.42. The van der Waals surface area contributed by atoms with Crippen LogP contribution >= 0.6 is 0 Å². The maximum Gasteiger partial charge on any atom is 0.435 e. The molecule has 4 rings (SSSR count). The van der Waals surface area contributed by atoms with Crippen LogP contribution in [0.1, 0.15) is 78.1 Å². The Kier molecular flexibility index (Phi) is 6.88. The first-order valence-corrected chi connectivity index (χ1v) is 12.0. The Balaban J connectivity index is 1.79. The van der Waals surface area contributed by atoms with E-state index in [9.17, 15) is 22.8 Å². The van der Waals surface area contributed by atoms with E-state index in [-0.39, 0.29) is 41.7 Å². The van der Waals surface area contributed by atoms with Gasteiger partial charge in [-0.15, -0.1) is 6.42 Å². The second-order valence-electron chi connectivity index (χ2n) is 10.3. The highest BCUT2D eigenvalue weighted by molar-refractivity contribution is 6.00. The van der Waals surface area contributed by atoms with E-state index in [1.807, 2.05) is 13.8 Å². The van der Waals surface area contributed by atoms with E-state index in [1.54, 1.807) is 6.07 Å². The van der Waals surface area contributed by atoms with Gasteiger partial charge in [0.1, 0.15) is 0 Å². The van der Waals surface area contributed by atoms with Gasteiger partial charge in [-0.2, -0.15) is 18.3 Å². The maximum atomic E-state index is 13.9. The second kappa shape index (κ2) is 9.62. The first kappa shape index (κ1) is 25.8. The molecule has 10 heteroatoms. The molecular weight excluding hydrogens is 471 g/mol. The topological polar surface area (TPSA) is 102 Å². The zero-order valence-electron chi connectivity index (χ0n) is 20.3. The molecule has 2 atom stereocenters. The summed E-state index contributed by atoms with van der Waals surface area (Å²) < 4.78 is 42.7. The summed E-state index contributed by atoms with van der Waals surface area (Å²) >= 11 is 0. The Morgan fingerprint density at radius 1 is 1.25 bits per heavy atom. The number of fused-ring (bicyclic) bond motifs is 1. The molecule has 7 nitrogen and oxygen atoms in total. The van der Waals surface area contributed by atoms with Crippen molar-refractivity contribution in [3.05, 3.63) is 40.7 Å². The SMILES string of the molecule is C#CCN[C@@H]1CCCC[C@H]1Nc1cc(-n2nc(C(F)(F)F)c3c2CC(C)(C)CC3=O)ccc1C(N)=O. The minimum Gasteiger partial charge on any atom is -0.380 e. The number of Topliss-reactive ketones (excluding diaryl/α,β-unsaturated/α-hetero) is 1. The number of halogens is 3. The third-order valence-electron chi connectivity index (χ3n) is 6.90. The highest BCUT2D eigenvalue weighted by atomic mass is 19.4. The van der Waals surface area contributed by atoms with Crippen LogP contribution in [0.4, 0.5) is 18.9 Å². The Morgan fingerprint density at radius 2 is 1.94 bits per heavy atom. The van der Waals surface area contributed by atoms with Crippen molar-refractivity contribution in [1.82, 2.24) is 15.1 Å². The first-order valence-electron chi connectivity index (χ1n) is 12.0. The summed E-state index contributed by atoms with van der Waals surface area (Å²) in [6.07, 6.45) is 4.61. The van der Waals surface area contributed by atoms with Crippen LogP contribution in [0.15, 0.2) is 18.2 Å². The smallest absolute Gasteiger partial charge is 0.380 e. The molecule has 192 valence electrons. The molecule has 0 radical (unpaired) electrons. The van der Waals surface area contributed by atoms with Crippen molar-refractivity contribution in [1.29, 1.82) is 0 Å². The summed E-state index contributed by atoms with van der Waals surface area (Å²) in [6.45, 7) is 4.08. The van der Waals surface area contributed by atoms with Crippen molar-refractivity contribution in [2.24, 2.45) is 11.1 Å². The van der Waals surface area contributed by atoms with Crippen LogP contribution < -0.4 is 16.4 Å². The zero-order valence-corrected chi connectivity index (χ0v) is 20.3. The van der Waals surface area contributed by atoms with Crippen molar-refractivity contribution in [3.63, 3.8) is 0 Å². The van der Waals surface area contributed by atoms with Crippen LogP contribution in [0.2, 0.25) is 0 Å². The van der Waals surface area contributed by atoms with E-state index in [4.69, 9.17) is 12.2 Å². The van der Waals surface area contributed by atoms with Gasteiger partial charge in [0.2, 0.25) is 0 Å². The fourth-order valence-corrected chi connectivity index (χ4v) is 5.30. The molecule has 4 N–H and O–H groups in total. The van der Waals surface area contributed by atoms with Crippen LogP contribution in [0.25, 0.3) is 5.69 Å². The molecule has 1 aromatic carbocycles. The number of hydrogen-bond acceptors (Lipinski definition) is 5. The average Bonchev–Trinajstić information content (AvgIpc) is 3.17. The predicted molar refractivity (Wildman–Crippen MR) is 130 cm³/mol. The van der Waals surface area contributed by atoms with Crippen LogP contribution in [0.3, 0.4) is 0 Å². The summed E-state index contributed by atoms with van der Waals surface area (Å²) in [5, 5.41) is 10.6. The number of terminal acetylenes is 1. The minimum absolute atomic E-state index is 0.00984. The summed E-state index contributed by atoms with van der Waals surface area (Å²) in [6, 6.07) is 4.56. The fourth-order valence-electron chi connectivity index (χ4n) is 5.30. The van der Waals surface area contributed by atoms with E-state index in [1.165, 1.54) is 16.8 Å². The molecule has 0 aliphatic heterocycles. The first-order chi connectivity index (χ1) is 16.9. The van der Waals surface area contributed by atoms with Gasteiger partial charge in [-0.25, -0.2) is 4.68 Å². The van der Waals surface area contributed by atoms with Gasteiger partial charge < -0.3 is 16.4 Å². The largest absolute Gasteiger partial charge is 0.435 e. The third kappa shape index (κ3) is 5.12. The fraction of sp³-hybridized carbons (Fsp3) is 0.500. The van der Waals surface area contributed by atoms with Crippen LogP contribution in [0, 0.1) is 17.8 Å². The number of nitrogens with zero attached hydrogens (tertiary/aromatic N) is 2. The van der Waals surface area contributed by atoms with Gasteiger partial charge in [0.15, 0.2) is 11.5 Å². The molecule has 2 aliphatic rings. The normalized spacial score (nSPS) is 21.5. The van der Waals surface area contributed by atoms with Crippen molar-refractivity contribution in [3.8, 4) is 18.0 Å². The van der Waals surface area contributed by atoms with E-state index in [0.717, 1.165) is 25.7 Å². The molecule has 1 aromatic heterocycles. The quantitative estimate of drug-likeness (QED) is 0.518. The summed E-state index contributed by atoms with van der Waals surface area (Å²) in [4.78, 5) is 24.9. The number of nitrogens with two attached hydrogens (primary N) is 1. The number of rotatable bonds is 6. The van der Waals surface area contributed by atoms with Gasteiger partial charge in [0, 0.05) is 24.2 Å². The summed E-state index contributed by atoms with van der Waals surface area (Å²) in [5.41, 5.74) is 4.68. The molecule has 1 heterocycles. The van der Waals surface area contributed by atoms with Gasteiger partial charge in [0.25, 0.3) is 5.91 Å².